The second-order valence-corrected chi connectivity index (χ2v) is 6.61. The van der Waals surface area contributed by atoms with Crippen LogP contribution in [0.25, 0.3) is 10.9 Å². The Labute approximate surface area is 147 Å². The lowest BCUT2D eigenvalue weighted by Crippen LogP contribution is -2.23. The van der Waals surface area contributed by atoms with E-state index in [1.807, 2.05) is 16.7 Å². The number of nitrogens with one attached hydrogen (secondary N) is 1. The minimum absolute atomic E-state index is 0.109. The number of aromatic nitrogens is 1. The molecule has 2 heterocycles. The zero-order valence-corrected chi connectivity index (χ0v) is 14.0. The van der Waals surface area contributed by atoms with Crippen LogP contribution in [0.2, 0.25) is 10.0 Å². The lowest BCUT2D eigenvalue weighted by atomic mass is 10.1. The zero-order chi connectivity index (χ0) is 16.8. The Morgan fingerprint density at radius 3 is 2.62 bits per heavy atom. The van der Waals surface area contributed by atoms with Crippen molar-refractivity contribution in [1.82, 2.24) is 4.57 Å². The Kier molecular flexibility index (Phi) is 3.59. The Bertz CT molecular complexity index is 1040. The molecule has 0 saturated carbocycles. The van der Waals surface area contributed by atoms with Gasteiger partial charge < -0.3 is 9.88 Å². The minimum atomic E-state index is -0.471. The number of carbonyl (C=O) groups is 1. The fraction of sp³-hybridized carbons (Fsp3) is 0.111. The number of benzene rings is 2. The van der Waals surface area contributed by atoms with Gasteiger partial charge in [0.2, 0.25) is 5.43 Å². The third-order valence-corrected chi connectivity index (χ3v) is 4.60. The Hall–Kier alpha value is -2.30. The molecular weight excluding hydrogens is 347 g/mol. The van der Waals surface area contributed by atoms with Crippen LogP contribution < -0.4 is 10.7 Å². The zero-order valence-electron chi connectivity index (χ0n) is 12.5. The van der Waals surface area contributed by atoms with E-state index in [0.717, 1.165) is 24.0 Å². The molecule has 1 N–H and O–H groups in total. The summed E-state index contributed by atoms with van der Waals surface area (Å²) in [6, 6.07) is 10.4. The van der Waals surface area contributed by atoms with Crippen molar-refractivity contribution in [2.45, 2.75) is 13.0 Å². The maximum absolute atomic E-state index is 12.7. The van der Waals surface area contributed by atoms with E-state index < -0.39 is 5.91 Å². The van der Waals surface area contributed by atoms with E-state index in [1.165, 1.54) is 0 Å². The average Bonchev–Trinajstić information content (AvgIpc) is 2.94. The van der Waals surface area contributed by atoms with Crippen molar-refractivity contribution >= 4 is 45.7 Å². The van der Waals surface area contributed by atoms with Crippen LogP contribution in [0.5, 0.6) is 0 Å². The first-order valence-corrected chi connectivity index (χ1v) is 8.21. The van der Waals surface area contributed by atoms with Gasteiger partial charge in [-0.2, -0.15) is 0 Å². The predicted molar refractivity (Wildman–Crippen MR) is 96.3 cm³/mol. The molecule has 0 spiro atoms. The van der Waals surface area contributed by atoms with Gasteiger partial charge in [0.15, 0.2) is 0 Å². The molecule has 1 aliphatic heterocycles. The van der Waals surface area contributed by atoms with Crippen molar-refractivity contribution in [1.29, 1.82) is 0 Å². The fourth-order valence-electron chi connectivity index (χ4n) is 3.14. The Morgan fingerprint density at radius 1 is 1.12 bits per heavy atom. The molecule has 0 unspecified atom stereocenters. The fourth-order valence-corrected chi connectivity index (χ4v) is 3.67. The van der Waals surface area contributed by atoms with Crippen LogP contribution in [0.3, 0.4) is 0 Å². The molecular formula is C18H12Cl2N2O2. The summed E-state index contributed by atoms with van der Waals surface area (Å²) in [5.74, 6) is -0.471. The van der Waals surface area contributed by atoms with Crippen molar-refractivity contribution in [3.05, 3.63) is 74.0 Å². The molecule has 2 aromatic carbocycles. The summed E-state index contributed by atoms with van der Waals surface area (Å²) in [4.78, 5) is 25.3. The normalized spacial score (nSPS) is 12.6. The number of nitrogens with zero attached hydrogens (tertiary/aromatic N) is 1. The molecule has 0 atom stereocenters. The van der Waals surface area contributed by atoms with E-state index in [4.69, 9.17) is 23.2 Å². The summed E-state index contributed by atoms with van der Waals surface area (Å²) in [7, 11) is 0. The van der Waals surface area contributed by atoms with Crippen LogP contribution in [0.1, 0.15) is 15.9 Å². The van der Waals surface area contributed by atoms with Crippen LogP contribution in [-0.2, 0) is 13.0 Å². The van der Waals surface area contributed by atoms with Crippen molar-refractivity contribution < 1.29 is 4.79 Å². The van der Waals surface area contributed by atoms with Gasteiger partial charge in [-0.1, -0.05) is 35.3 Å². The molecule has 120 valence electrons. The summed E-state index contributed by atoms with van der Waals surface area (Å²) < 4.78 is 1.96. The molecule has 6 heteroatoms. The van der Waals surface area contributed by atoms with Crippen LogP contribution >= 0.6 is 23.2 Å². The monoisotopic (exact) mass is 358 g/mol. The molecule has 0 fully saturated rings. The minimum Gasteiger partial charge on any atom is -0.346 e. The summed E-state index contributed by atoms with van der Waals surface area (Å²) in [6.07, 6.45) is 2.49. The molecule has 0 radical (unpaired) electrons. The Balaban J connectivity index is 1.79. The number of para-hydroxylation sites is 1. The maximum Gasteiger partial charge on any atom is 0.261 e. The number of anilines is 1. The maximum atomic E-state index is 12.7. The third-order valence-electron chi connectivity index (χ3n) is 4.17. The van der Waals surface area contributed by atoms with Gasteiger partial charge in [-0.15, -0.1) is 0 Å². The smallest absolute Gasteiger partial charge is 0.261 e. The van der Waals surface area contributed by atoms with Gasteiger partial charge in [-0.3, -0.25) is 9.59 Å². The standard InChI is InChI=1S/C18H12Cl2N2O2/c19-11-6-12(20)8-13(7-11)21-18(24)15-9-22-5-4-10-2-1-3-14(16(10)22)17(15)23/h1-3,6-9H,4-5H2,(H,21,24). The van der Waals surface area contributed by atoms with Crippen LogP contribution in [0.15, 0.2) is 47.4 Å². The number of carbonyl (C=O) groups excluding carboxylic acids is 1. The molecule has 0 aliphatic carbocycles. The van der Waals surface area contributed by atoms with Crippen molar-refractivity contribution in [3.63, 3.8) is 0 Å². The second-order valence-electron chi connectivity index (χ2n) is 5.74. The van der Waals surface area contributed by atoms with E-state index in [-0.39, 0.29) is 11.0 Å². The summed E-state index contributed by atoms with van der Waals surface area (Å²) in [5, 5.41) is 4.09. The number of aryl methyl sites for hydroxylation is 2. The summed E-state index contributed by atoms with van der Waals surface area (Å²) in [6.45, 7) is 0.763. The number of rotatable bonds is 2. The lowest BCUT2D eigenvalue weighted by Gasteiger charge is -2.10. The van der Waals surface area contributed by atoms with Gasteiger partial charge in [0.1, 0.15) is 5.56 Å². The second kappa shape index (κ2) is 5.65. The molecule has 4 nitrogen and oxygen atoms in total. The number of hydrogen-bond acceptors (Lipinski definition) is 2. The first kappa shape index (κ1) is 15.2. The van der Waals surface area contributed by atoms with E-state index >= 15 is 0 Å². The number of amides is 1. The average molecular weight is 359 g/mol. The highest BCUT2D eigenvalue weighted by Crippen LogP contribution is 2.25. The highest BCUT2D eigenvalue weighted by atomic mass is 35.5. The largest absolute Gasteiger partial charge is 0.346 e. The van der Waals surface area contributed by atoms with E-state index in [0.29, 0.717) is 21.1 Å². The molecule has 0 bridgehead atoms. The first-order chi connectivity index (χ1) is 11.5. The third kappa shape index (κ3) is 2.48. The first-order valence-electron chi connectivity index (χ1n) is 7.45. The number of halogens is 2. The molecule has 0 saturated heterocycles. The van der Waals surface area contributed by atoms with Gasteiger partial charge >= 0.3 is 0 Å². The lowest BCUT2D eigenvalue weighted by molar-refractivity contribution is 0.102. The topological polar surface area (TPSA) is 51.1 Å². The van der Waals surface area contributed by atoms with Crippen molar-refractivity contribution in [2.75, 3.05) is 5.32 Å². The predicted octanol–water partition coefficient (Wildman–Crippen LogP) is 4.12. The highest BCUT2D eigenvalue weighted by molar-refractivity contribution is 6.35. The van der Waals surface area contributed by atoms with Crippen LogP contribution in [0, 0.1) is 0 Å². The molecule has 24 heavy (non-hydrogen) atoms. The van der Waals surface area contributed by atoms with E-state index in [9.17, 15) is 9.59 Å². The van der Waals surface area contributed by atoms with Gasteiger partial charge in [-0.25, -0.2) is 0 Å². The highest BCUT2D eigenvalue weighted by Gasteiger charge is 2.20. The molecule has 4 rings (SSSR count). The quantitative estimate of drug-likeness (QED) is 0.749. The summed E-state index contributed by atoms with van der Waals surface area (Å²) >= 11 is 11.9. The molecule has 1 aromatic heterocycles. The number of hydrogen-bond donors (Lipinski definition) is 1. The molecule has 3 aromatic rings. The van der Waals surface area contributed by atoms with Crippen molar-refractivity contribution in [3.8, 4) is 0 Å². The summed E-state index contributed by atoms with van der Waals surface area (Å²) in [5.41, 5.74) is 2.35. The van der Waals surface area contributed by atoms with Crippen LogP contribution in [-0.4, -0.2) is 10.5 Å². The van der Waals surface area contributed by atoms with E-state index in [1.54, 1.807) is 30.5 Å². The van der Waals surface area contributed by atoms with E-state index in [2.05, 4.69) is 5.32 Å². The van der Waals surface area contributed by atoms with Crippen molar-refractivity contribution in [2.24, 2.45) is 0 Å². The SMILES string of the molecule is O=C(Nc1cc(Cl)cc(Cl)c1)c1cn2c3c(cccc3c1=O)CC2. The number of pyridine rings is 1. The van der Waals surface area contributed by atoms with Gasteiger partial charge in [0.25, 0.3) is 5.91 Å². The van der Waals surface area contributed by atoms with Gasteiger partial charge in [-0.05, 0) is 36.2 Å². The van der Waals surface area contributed by atoms with Crippen LogP contribution in [0.4, 0.5) is 5.69 Å². The molecule has 1 amide bonds. The van der Waals surface area contributed by atoms with Gasteiger partial charge in [0.05, 0.1) is 5.52 Å². The van der Waals surface area contributed by atoms with Gasteiger partial charge in [0, 0.05) is 33.9 Å². The Morgan fingerprint density at radius 2 is 1.88 bits per heavy atom. The molecule has 1 aliphatic rings.